The van der Waals surface area contributed by atoms with E-state index in [-0.39, 0.29) is 30.9 Å². The van der Waals surface area contributed by atoms with Crippen molar-refractivity contribution in [1.29, 1.82) is 0 Å². The molecule has 0 aliphatic carbocycles. The van der Waals surface area contributed by atoms with Crippen molar-refractivity contribution in [2.45, 2.75) is 18.8 Å². The second-order valence-corrected chi connectivity index (χ2v) is 4.22. The number of carbonyl (C=O) groups excluding carboxylic acids is 1. The molecule has 1 aromatic carbocycles. The van der Waals surface area contributed by atoms with Crippen molar-refractivity contribution in [2.24, 2.45) is 5.73 Å². The van der Waals surface area contributed by atoms with Crippen LogP contribution < -0.4 is 10.6 Å². The Morgan fingerprint density at radius 3 is 2.82 bits per heavy atom. The highest BCUT2D eigenvalue weighted by Gasteiger charge is 2.33. The van der Waals surface area contributed by atoms with Gasteiger partial charge in [0.05, 0.1) is 6.42 Å². The third kappa shape index (κ3) is 2.02. The Morgan fingerprint density at radius 2 is 2.18 bits per heavy atom. The average molecular weight is 240 g/mol. The van der Waals surface area contributed by atoms with Gasteiger partial charge in [-0.2, -0.15) is 0 Å². The quantitative estimate of drug-likeness (QED) is 0.873. The SMILES string of the molecule is CN1C(=O)Cc2cc(C(F)(F)CCN)ccc21. The van der Waals surface area contributed by atoms with Crippen LogP contribution in [0, 0.1) is 0 Å². The first-order chi connectivity index (χ1) is 7.95. The minimum Gasteiger partial charge on any atom is -0.330 e. The summed E-state index contributed by atoms with van der Waals surface area (Å²) in [4.78, 5) is 12.9. The number of nitrogens with two attached hydrogens (primary N) is 1. The molecular weight excluding hydrogens is 226 g/mol. The molecule has 1 aliphatic heterocycles. The summed E-state index contributed by atoms with van der Waals surface area (Å²) in [6.45, 7) is -0.0665. The number of rotatable bonds is 3. The van der Waals surface area contributed by atoms with E-state index in [1.54, 1.807) is 13.1 Å². The molecule has 0 saturated carbocycles. The van der Waals surface area contributed by atoms with Gasteiger partial charge in [-0.1, -0.05) is 6.07 Å². The number of amides is 1. The molecule has 1 amide bonds. The minimum atomic E-state index is -2.92. The van der Waals surface area contributed by atoms with Gasteiger partial charge in [0.1, 0.15) is 0 Å². The molecule has 2 N–H and O–H groups in total. The predicted octanol–water partition coefficient (Wildman–Crippen LogP) is 1.65. The summed E-state index contributed by atoms with van der Waals surface area (Å²) < 4.78 is 27.3. The molecule has 1 heterocycles. The molecule has 5 heteroatoms. The lowest BCUT2D eigenvalue weighted by molar-refractivity contribution is -0.117. The van der Waals surface area contributed by atoms with Gasteiger partial charge in [-0.15, -0.1) is 0 Å². The van der Waals surface area contributed by atoms with Crippen molar-refractivity contribution in [3.05, 3.63) is 29.3 Å². The third-order valence-corrected chi connectivity index (χ3v) is 3.04. The molecule has 1 aliphatic rings. The topological polar surface area (TPSA) is 46.3 Å². The van der Waals surface area contributed by atoms with E-state index in [0.29, 0.717) is 11.3 Å². The molecule has 0 unspecified atom stereocenters. The lowest BCUT2D eigenvalue weighted by Gasteiger charge is -2.17. The maximum Gasteiger partial charge on any atom is 0.274 e. The zero-order valence-corrected chi connectivity index (χ0v) is 9.54. The number of fused-ring (bicyclic) bond motifs is 1. The van der Waals surface area contributed by atoms with Crippen LogP contribution >= 0.6 is 0 Å². The maximum absolute atomic E-state index is 13.6. The number of carbonyl (C=O) groups is 1. The fraction of sp³-hybridized carbons (Fsp3) is 0.417. The van der Waals surface area contributed by atoms with E-state index < -0.39 is 5.92 Å². The second-order valence-electron chi connectivity index (χ2n) is 4.22. The van der Waals surface area contributed by atoms with Gasteiger partial charge in [-0.3, -0.25) is 4.79 Å². The molecule has 0 spiro atoms. The summed E-state index contributed by atoms with van der Waals surface area (Å²) in [5.41, 5.74) is 6.47. The van der Waals surface area contributed by atoms with E-state index >= 15 is 0 Å². The van der Waals surface area contributed by atoms with Gasteiger partial charge >= 0.3 is 0 Å². The number of alkyl halides is 2. The minimum absolute atomic E-state index is 0.0650. The fourth-order valence-electron chi connectivity index (χ4n) is 2.02. The molecule has 2 rings (SSSR count). The zero-order chi connectivity index (χ0) is 12.6. The van der Waals surface area contributed by atoms with Crippen molar-refractivity contribution in [2.75, 3.05) is 18.5 Å². The van der Waals surface area contributed by atoms with Crippen LogP contribution in [0.15, 0.2) is 18.2 Å². The summed E-state index contributed by atoms with van der Waals surface area (Å²) in [5, 5.41) is 0. The summed E-state index contributed by atoms with van der Waals surface area (Å²) >= 11 is 0. The van der Waals surface area contributed by atoms with Crippen LogP contribution in [-0.2, 0) is 17.1 Å². The van der Waals surface area contributed by atoms with E-state index in [1.165, 1.54) is 17.0 Å². The number of nitrogens with zero attached hydrogens (tertiary/aromatic N) is 1. The smallest absolute Gasteiger partial charge is 0.274 e. The molecule has 0 saturated heterocycles. The van der Waals surface area contributed by atoms with Gasteiger partial charge in [-0.25, -0.2) is 8.78 Å². The number of hydrogen-bond donors (Lipinski definition) is 1. The fourth-order valence-corrected chi connectivity index (χ4v) is 2.02. The second kappa shape index (κ2) is 4.07. The summed E-state index contributed by atoms with van der Waals surface area (Å²) in [5.74, 6) is -2.99. The van der Waals surface area contributed by atoms with Crippen LogP contribution in [0.2, 0.25) is 0 Å². The van der Waals surface area contributed by atoms with Gasteiger partial charge in [0.2, 0.25) is 5.91 Å². The molecule has 0 fully saturated rings. The largest absolute Gasteiger partial charge is 0.330 e. The van der Waals surface area contributed by atoms with E-state index in [4.69, 9.17) is 5.73 Å². The van der Waals surface area contributed by atoms with Gasteiger partial charge in [-0.05, 0) is 24.2 Å². The molecule has 0 radical (unpaired) electrons. The van der Waals surface area contributed by atoms with Crippen LogP contribution in [0.3, 0.4) is 0 Å². The van der Waals surface area contributed by atoms with Crippen LogP contribution in [0.1, 0.15) is 17.5 Å². The van der Waals surface area contributed by atoms with Crippen molar-refractivity contribution in [1.82, 2.24) is 0 Å². The summed E-state index contributed by atoms with van der Waals surface area (Å²) in [7, 11) is 1.64. The number of hydrogen-bond acceptors (Lipinski definition) is 2. The highest BCUT2D eigenvalue weighted by Crippen LogP contribution is 2.36. The number of benzene rings is 1. The molecule has 1 aromatic rings. The van der Waals surface area contributed by atoms with Gasteiger partial charge in [0, 0.05) is 24.7 Å². The Labute approximate surface area is 98.2 Å². The van der Waals surface area contributed by atoms with E-state index in [0.717, 1.165) is 0 Å². The van der Waals surface area contributed by atoms with Crippen molar-refractivity contribution in [3.8, 4) is 0 Å². The van der Waals surface area contributed by atoms with E-state index in [2.05, 4.69) is 0 Å². The lowest BCUT2D eigenvalue weighted by atomic mass is 10.0. The molecule has 0 bridgehead atoms. The maximum atomic E-state index is 13.6. The molecule has 3 nitrogen and oxygen atoms in total. The highest BCUT2D eigenvalue weighted by atomic mass is 19.3. The molecule has 17 heavy (non-hydrogen) atoms. The monoisotopic (exact) mass is 240 g/mol. The van der Waals surface area contributed by atoms with E-state index in [1.807, 2.05) is 0 Å². The third-order valence-electron chi connectivity index (χ3n) is 3.04. The Balaban J connectivity index is 2.36. The average Bonchev–Trinajstić information content (AvgIpc) is 2.54. The van der Waals surface area contributed by atoms with Crippen LogP contribution in [0.25, 0.3) is 0 Å². The predicted molar refractivity (Wildman–Crippen MR) is 61.1 cm³/mol. The van der Waals surface area contributed by atoms with E-state index in [9.17, 15) is 13.6 Å². The molecular formula is C12H14F2N2O. The number of halogens is 2. The van der Waals surface area contributed by atoms with Crippen molar-refractivity contribution >= 4 is 11.6 Å². The standard InChI is InChI=1S/C12H14F2N2O/c1-16-10-3-2-9(12(13,14)4-5-15)6-8(10)7-11(16)17/h2-3,6H,4-5,7,15H2,1H3. The van der Waals surface area contributed by atoms with Gasteiger partial charge in [0.25, 0.3) is 5.92 Å². The molecule has 92 valence electrons. The number of likely N-dealkylation sites (N-methyl/N-ethyl adjacent to an activating group) is 1. The van der Waals surface area contributed by atoms with Crippen molar-refractivity contribution < 1.29 is 13.6 Å². The van der Waals surface area contributed by atoms with Gasteiger partial charge < -0.3 is 10.6 Å². The van der Waals surface area contributed by atoms with Crippen molar-refractivity contribution in [3.63, 3.8) is 0 Å². The summed E-state index contributed by atoms with van der Waals surface area (Å²) in [6, 6.07) is 4.34. The Kier molecular flexibility index (Phi) is 2.87. The normalized spacial score (nSPS) is 15.3. The van der Waals surface area contributed by atoms with Gasteiger partial charge in [0.15, 0.2) is 0 Å². The highest BCUT2D eigenvalue weighted by molar-refractivity contribution is 6.00. The van der Waals surface area contributed by atoms with Crippen LogP contribution in [-0.4, -0.2) is 19.5 Å². The Bertz CT molecular complexity index is 460. The molecule has 0 aromatic heterocycles. The first kappa shape index (κ1) is 12.0. The lowest BCUT2D eigenvalue weighted by Crippen LogP contribution is -2.20. The van der Waals surface area contributed by atoms with Crippen LogP contribution in [0.4, 0.5) is 14.5 Å². The Hall–Kier alpha value is -1.49. The molecule has 0 atom stereocenters. The zero-order valence-electron chi connectivity index (χ0n) is 9.54. The number of anilines is 1. The van der Waals surface area contributed by atoms with Crippen LogP contribution in [0.5, 0.6) is 0 Å². The Morgan fingerprint density at radius 1 is 1.47 bits per heavy atom. The first-order valence-electron chi connectivity index (χ1n) is 5.43. The first-order valence-corrected chi connectivity index (χ1v) is 5.43. The summed E-state index contributed by atoms with van der Waals surface area (Å²) in [6.07, 6.45) is -0.187.